The first-order valence-corrected chi connectivity index (χ1v) is 6.66. The molecule has 0 saturated carbocycles. The predicted octanol–water partition coefficient (Wildman–Crippen LogP) is 0.724. The molecule has 7 nitrogen and oxygen atoms in total. The van der Waals surface area contributed by atoms with Crippen molar-refractivity contribution in [3.63, 3.8) is 0 Å². The van der Waals surface area contributed by atoms with Crippen LogP contribution in [0.3, 0.4) is 0 Å². The molecule has 21 heavy (non-hydrogen) atoms. The van der Waals surface area contributed by atoms with Crippen molar-refractivity contribution in [3.8, 4) is 5.75 Å². The van der Waals surface area contributed by atoms with Crippen LogP contribution in [0.4, 0.5) is 0 Å². The molecule has 0 spiro atoms. The number of carboxylic acids is 1. The Hall–Kier alpha value is -2.41. The molecule has 7 heteroatoms. The van der Waals surface area contributed by atoms with Gasteiger partial charge in [-0.25, -0.2) is 9.78 Å². The zero-order valence-corrected chi connectivity index (χ0v) is 11.8. The van der Waals surface area contributed by atoms with Crippen molar-refractivity contribution >= 4 is 5.97 Å². The lowest BCUT2D eigenvalue weighted by molar-refractivity contribution is 0.0696. The summed E-state index contributed by atoms with van der Waals surface area (Å²) in [5.41, 5.74) is 0.224. The number of rotatable bonds is 8. The first kappa shape index (κ1) is 15.0. The summed E-state index contributed by atoms with van der Waals surface area (Å²) < 4.78 is 7.17. The summed E-state index contributed by atoms with van der Waals surface area (Å²) in [4.78, 5) is 15.0. The van der Waals surface area contributed by atoms with E-state index in [0.717, 1.165) is 18.8 Å². The highest BCUT2D eigenvalue weighted by Gasteiger charge is 2.03. The van der Waals surface area contributed by atoms with Crippen LogP contribution in [-0.2, 0) is 13.5 Å². The summed E-state index contributed by atoms with van der Waals surface area (Å²) in [6.45, 7) is 1.91. The Morgan fingerprint density at radius 1 is 1.43 bits per heavy atom. The van der Waals surface area contributed by atoms with Crippen LogP contribution < -0.4 is 10.1 Å². The second-order valence-electron chi connectivity index (χ2n) is 4.52. The van der Waals surface area contributed by atoms with Crippen LogP contribution in [0, 0.1) is 0 Å². The molecule has 0 bridgehead atoms. The van der Waals surface area contributed by atoms with E-state index in [0.29, 0.717) is 18.9 Å². The standard InChI is InChI=1S/C14H18N4O3/c1-18-10-16-13(17-18)5-6-15-7-8-21-12-4-2-3-11(9-12)14(19)20/h2-4,9-10,15H,5-8H2,1H3,(H,19,20). The lowest BCUT2D eigenvalue weighted by atomic mass is 10.2. The Kier molecular flexibility index (Phi) is 5.28. The Bertz CT molecular complexity index is 597. The Balaban J connectivity index is 1.63. The van der Waals surface area contributed by atoms with Crippen molar-refractivity contribution in [2.45, 2.75) is 6.42 Å². The van der Waals surface area contributed by atoms with Crippen molar-refractivity contribution in [3.05, 3.63) is 42.0 Å². The van der Waals surface area contributed by atoms with E-state index in [2.05, 4.69) is 15.4 Å². The fourth-order valence-electron chi connectivity index (χ4n) is 1.78. The van der Waals surface area contributed by atoms with Gasteiger partial charge in [0.05, 0.1) is 5.56 Å². The molecule has 0 fully saturated rings. The number of aromatic nitrogens is 3. The van der Waals surface area contributed by atoms with Gasteiger partial charge in [-0.1, -0.05) is 6.07 Å². The Labute approximate surface area is 122 Å². The molecule has 1 heterocycles. The number of hydrogen-bond donors (Lipinski definition) is 2. The molecule has 2 N–H and O–H groups in total. The minimum atomic E-state index is -0.957. The molecule has 0 atom stereocenters. The van der Waals surface area contributed by atoms with Crippen LogP contribution in [0.1, 0.15) is 16.2 Å². The van der Waals surface area contributed by atoms with Gasteiger partial charge in [-0.05, 0) is 18.2 Å². The molecule has 2 aromatic rings. The smallest absolute Gasteiger partial charge is 0.335 e. The SMILES string of the molecule is Cn1cnc(CCNCCOc2cccc(C(=O)O)c2)n1. The largest absolute Gasteiger partial charge is 0.492 e. The average Bonchev–Trinajstić information content (AvgIpc) is 2.88. The number of carboxylic acid groups (broad SMARTS) is 1. The Morgan fingerprint density at radius 3 is 3.00 bits per heavy atom. The topological polar surface area (TPSA) is 89.3 Å². The van der Waals surface area contributed by atoms with Gasteiger partial charge in [-0.3, -0.25) is 4.68 Å². The van der Waals surface area contributed by atoms with Gasteiger partial charge in [0.15, 0.2) is 5.82 Å². The molecule has 1 aromatic heterocycles. The number of aromatic carboxylic acids is 1. The van der Waals surface area contributed by atoms with E-state index in [-0.39, 0.29) is 5.56 Å². The highest BCUT2D eigenvalue weighted by Crippen LogP contribution is 2.12. The molecule has 0 amide bonds. The van der Waals surface area contributed by atoms with E-state index >= 15 is 0 Å². The van der Waals surface area contributed by atoms with Crippen molar-refractivity contribution in [2.24, 2.45) is 7.05 Å². The quantitative estimate of drug-likeness (QED) is 0.697. The minimum Gasteiger partial charge on any atom is -0.492 e. The van der Waals surface area contributed by atoms with E-state index in [4.69, 9.17) is 9.84 Å². The molecule has 0 aliphatic carbocycles. The summed E-state index contributed by atoms with van der Waals surface area (Å²) in [6.07, 6.45) is 2.43. The van der Waals surface area contributed by atoms with Crippen LogP contribution in [0.25, 0.3) is 0 Å². The predicted molar refractivity (Wildman–Crippen MR) is 76.5 cm³/mol. The van der Waals surface area contributed by atoms with Gasteiger partial charge in [-0.15, -0.1) is 0 Å². The van der Waals surface area contributed by atoms with Crippen molar-refractivity contribution < 1.29 is 14.6 Å². The molecule has 0 saturated heterocycles. The maximum absolute atomic E-state index is 10.8. The maximum Gasteiger partial charge on any atom is 0.335 e. The van der Waals surface area contributed by atoms with Gasteiger partial charge in [-0.2, -0.15) is 5.10 Å². The van der Waals surface area contributed by atoms with E-state index < -0.39 is 5.97 Å². The maximum atomic E-state index is 10.8. The second kappa shape index (κ2) is 7.39. The van der Waals surface area contributed by atoms with Gasteiger partial charge in [0.2, 0.25) is 0 Å². The number of hydrogen-bond acceptors (Lipinski definition) is 5. The molecule has 112 valence electrons. The van der Waals surface area contributed by atoms with Crippen LogP contribution in [-0.4, -0.2) is 45.5 Å². The average molecular weight is 290 g/mol. The second-order valence-corrected chi connectivity index (χ2v) is 4.52. The lowest BCUT2D eigenvalue weighted by Crippen LogP contribution is -2.23. The van der Waals surface area contributed by atoms with Gasteiger partial charge in [0.1, 0.15) is 18.7 Å². The third-order valence-corrected chi connectivity index (χ3v) is 2.80. The van der Waals surface area contributed by atoms with Gasteiger partial charge in [0.25, 0.3) is 0 Å². The van der Waals surface area contributed by atoms with Crippen LogP contribution in [0.2, 0.25) is 0 Å². The van der Waals surface area contributed by atoms with Crippen LogP contribution in [0.5, 0.6) is 5.75 Å². The van der Waals surface area contributed by atoms with Gasteiger partial charge < -0.3 is 15.2 Å². The van der Waals surface area contributed by atoms with Crippen molar-refractivity contribution in [1.82, 2.24) is 20.1 Å². The zero-order valence-electron chi connectivity index (χ0n) is 11.8. The zero-order chi connectivity index (χ0) is 15.1. The molecule has 1 aromatic carbocycles. The Morgan fingerprint density at radius 2 is 2.29 bits per heavy atom. The van der Waals surface area contributed by atoms with E-state index in [9.17, 15) is 4.79 Å². The van der Waals surface area contributed by atoms with Crippen LogP contribution in [0.15, 0.2) is 30.6 Å². The summed E-state index contributed by atoms with van der Waals surface area (Å²) in [6, 6.07) is 6.46. The molecule has 0 aliphatic rings. The monoisotopic (exact) mass is 290 g/mol. The fraction of sp³-hybridized carbons (Fsp3) is 0.357. The van der Waals surface area contributed by atoms with Gasteiger partial charge >= 0.3 is 5.97 Å². The third kappa shape index (κ3) is 4.88. The van der Waals surface area contributed by atoms with E-state index in [1.165, 1.54) is 12.1 Å². The number of carbonyl (C=O) groups is 1. The van der Waals surface area contributed by atoms with Crippen molar-refractivity contribution in [1.29, 1.82) is 0 Å². The first-order valence-electron chi connectivity index (χ1n) is 6.66. The summed E-state index contributed by atoms with van der Waals surface area (Å²) >= 11 is 0. The number of ether oxygens (including phenoxy) is 1. The highest BCUT2D eigenvalue weighted by atomic mass is 16.5. The summed E-state index contributed by atoms with van der Waals surface area (Å²) in [5, 5.41) is 16.3. The van der Waals surface area contributed by atoms with Crippen molar-refractivity contribution in [2.75, 3.05) is 19.7 Å². The third-order valence-electron chi connectivity index (χ3n) is 2.80. The number of aryl methyl sites for hydroxylation is 1. The normalized spacial score (nSPS) is 10.5. The number of nitrogens with zero attached hydrogens (tertiary/aromatic N) is 3. The first-order chi connectivity index (χ1) is 10.1. The number of benzene rings is 1. The van der Waals surface area contributed by atoms with E-state index in [1.807, 2.05) is 7.05 Å². The highest BCUT2D eigenvalue weighted by molar-refractivity contribution is 5.87. The fourth-order valence-corrected chi connectivity index (χ4v) is 1.78. The summed E-state index contributed by atoms with van der Waals surface area (Å²) in [5.74, 6) is 0.407. The molecule has 2 rings (SSSR count). The van der Waals surface area contributed by atoms with Crippen LogP contribution >= 0.6 is 0 Å². The molecule has 0 radical (unpaired) electrons. The minimum absolute atomic E-state index is 0.224. The molecular formula is C14H18N4O3. The molecule has 0 unspecified atom stereocenters. The lowest BCUT2D eigenvalue weighted by Gasteiger charge is -2.07. The molecule has 0 aliphatic heterocycles. The summed E-state index contributed by atoms with van der Waals surface area (Å²) in [7, 11) is 1.84. The number of nitrogens with one attached hydrogen (secondary N) is 1. The van der Waals surface area contributed by atoms with Gasteiger partial charge in [0, 0.05) is 26.6 Å². The molecular weight excluding hydrogens is 272 g/mol. The van der Waals surface area contributed by atoms with E-state index in [1.54, 1.807) is 23.1 Å².